The van der Waals surface area contributed by atoms with Crippen molar-refractivity contribution in [2.75, 3.05) is 36.4 Å². The lowest BCUT2D eigenvalue weighted by Gasteiger charge is -2.47. The summed E-state index contributed by atoms with van der Waals surface area (Å²) in [6.45, 7) is 2.92. The lowest BCUT2D eigenvalue weighted by Crippen LogP contribution is -2.48. The molecule has 2 N–H and O–H groups in total. The van der Waals surface area contributed by atoms with Gasteiger partial charge in [-0.3, -0.25) is 4.79 Å². The second kappa shape index (κ2) is 12.2. The van der Waals surface area contributed by atoms with Crippen LogP contribution in [0.3, 0.4) is 0 Å². The van der Waals surface area contributed by atoms with Gasteiger partial charge < -0.3 is 20.4 Å². The summed E-state index contributed by atoms with van der Waals surface area (Å²) in [7, 11) is 0. The normalized spacial score (nSPS) is 19.5. The molecule has 2 aliphatic heterocycles. The van der Waals surface area contributed by atoms with Crippen molar-refractivity contribution in [3.63, 3.8) is 0 Å². The predicted molar refractivity (Wildman–Crippen MR) is 167 cm³/mol. The number of aryl methyl sites for hydroxylation is 1. The van der Waals surface area contributed by atoms with E-state index in [-0.39, 0.29) is 23.4 Å². The average molecular weight is 646 g/mol. The monoisotopic (exact) mass is 644 g/mol. The number of piperidine rings is 2. The van der Waals surface area contributed by atoms with Crippen molar-refractivity contribution < 1.29 is 22.8 Å². The second-order valence-electron chi connectivity index (χ2n) is 12.1. The maximum atomic E-state index is 13.6. The SMILES string of the molecule is O=C(Nc1ccc(Cl)c(Cl)c1)NC1CCc2ccc(C(=O)N3CCC4(CC3)CCN(c3ccc(C(F)(F)F)cc3)CC4)cc21. The van der Waals surface area contributed by atoms with Crippen molar-refractivity contribution in [2.45, 2.75) is 50.7 Å². The molecule has 44 heavy (non-hydrogen) atoms. The van der Waals surface area contributed by atoms with Crippen LogP contribution in [0.4, 0.5) is 29.3 Å². The van der Waals surface area contributed by atoms with Crippen molar-refractivity contribution in [2.24, 2.45) is 5.41 Å². The van der Waals surface area contributed by atoms with Crippen molar-refractivity contribution in [1.29, 1.82) is 0 Å². The minimum Gasteiger partial charge on any atom is -0.371 e. The lowest BCUT2D eigenvalue weighted by molar-refractivity contribution is -0.137. The first kappa shape index (κ1) is 30.6. The van der Waals surface area contributed by atoms with Gasteiger partial charge in [0.15, 0.2) is 0 Å². The van der Waals surface area contributed by atoms with Gasteiger partial charge in [0.05, 0.1) is 21.7 Å². The van der Waals surface area contributed by atoms with Gasteiger partial charge in [-0.15, -0.1) is 0 Å². The van der Waals surface area contributed by atoms with Crippen LogP contribution in [0, 0.1) is 5.41 Å². The quantitative estimate of drug-likeness (QED) is 0.300. The Morgan fingerprint density at radius 2 is 1.52 bits per heavy atom. The summed E-state index contributed by atoms with van der Waals surface area (Å²) >= 11 is 12.0. The van der Waals surface area contributed by atoms with Crippen LogP contribution in [0.5, 0.6) is 0 Å². The number of hydrogen-bond acceptors (Lipinski definition) is 3. The van der Waals surface area contributed by atoms with E-state index in [0.29, 0.717) is 34.4 Å². The van der Waals surface area contributed by atoms with E-state index in [1.165, 1.54) is 0 Å². The molecule has 3 amide bonds. The van der Waals surface area contributed by atoms with E-state index in [1.54, 1.807) is 30.3 Å². The zero-order valence-electron chi connectivity index (χ0n) is 24.0. The van der Waals surface area contributed by atoms with E-state index in [0.717, 1.165) is 80.6 Å². The Bertz CT molecular complexity index is 1550. The predicted octanol–water partition coefficient (Wildman–Crippen LogP) is 8.34. The number of likely N-dealkylation sites (tertiary alicyclic amines) is 1. The standard InChI is InChI=1S/C33H33Cl2F3N4O2/c34-27-9-6-24(20-28(27)35)39-31(44)40-29-10-3-21-1-2-22(19-26(21)29)30(43)42-17-13-32(14-18-42)11-15-41(16-12-32)25-7-4-23(5-8-25)33(36,37)38/h1-2,4-9,19-20,29H,3,10-18H2,(H2,39,40,44). The molecule has 2 saturated heterocycles. The van der Waals surface area contributed by atoms with Crippen LogP contribution >= 0.6 is 23.2 Å². The van der Waals surface area contributed by atoms with E-state index in [9.17, 15) is 22.8 Å². The second-order valence-corrected chi connectivity index (χ2v) is 12.9. The molecular formula is C33H33Cl2F3N4O2. The van der Waals surface area contributed by atoms with Gasteiger partial charge in [0, 0.05) is 43.1 Å². The fourth-order valence-electron chi connectivity index (χ4n) is 6.75. The maximum Gasteiger partial charge on any atom is 0.416 e. The van der Waals surface area contributed by atoms with Gasteiger partial charge in [0.2, 0.25) is 0 Å². The zero-order chi connectivity index (χ0) is 31.1. The molecule has 3 aromatic rings. The molecule has 1 unspecified atom stereocenters. The minimum absolute atomic E-state index is 0.00394. The fraction of sp³-hybridized carbons (Fsp3) is 0.394. The fourth-order valence-corrected chi connectivity index (χ4v) is 7.05. The molecule has 0 radical (unpaired) electrons. The molecule has 1 spiro atoms. The Hall–Kier alpha value is -3.43. The molecule has 0 bridgehead atoms. The van der Waals surface area contributed by atoms with Crippen LogP contribution in [0.2, 0.25) is 10.0 Å². The van der Waals surface area contributed by atoms with Gasteiger partial charge >= 0.3 is 12.2 Å². The summed E-state index contributed by atoms with van der Waals surface area (Å²) in [6, 6.07) is 15.5. The Kier molecular flexibility index (Phi) is 8.46. The van der Waals surface area contributed by atoms with E-state index in [2.05, 4.69) is 15.5 Å². The number of halogens is 5. The highest BCUT2D eigenvalue weighted by molar-refractivity contribution is 6.42. The third-order valence-corrected chi connectivity index (χ3v) is 10.2. The van der Waals surface area contributed by atoms with Gasteiger partial charge in [-0.2, -0.15) is 13.2 Å². The van der Waals surface area contributed by atoms with E-state index in [4.69, 9.17) is 23.2 Å². The van der Waals surface area contributed by atoms with Crippen LogP contribution in [0.1, 0.15) is 65.2 Å². The number of rotatable bonds is 4. The van der Waals surface area contributed by atoms with E-state index in [1.807, 2.05) is 23.1 Å². The maximum absolute atomic E-state index is 13.6. The van der Waals surface area contributed by atoms with Crippen molar-refractivity contribution in [1.82, 2.24) is 10.2 Å². The first-order chi connectivity index (χ1) is 21.0. The number of urea groups is 1. The van der Waals surface area contributed by atoms with Crippen LogP contribution < -0.4 is 15.5 Å². The largest absolute Gasteiger partial charge is 0.416 e. The molecule has 0 saturated carbocycles. The van der Waals surface area contributed by atoms with Gasteiger partial charge in [0.1, 0.15) is 0 Å². The molecule has 2 fully saturated rings. The number of alkyl halides is 3. The molecule has 6 rings (SSSR count). The summed E-state index contributed by atoms with van der Waals surface area (Å²) in [6.07, 6.45) is 0.944. The number of amides is 3. The molecule has 11 heteroatoms. The topological polar surface area (TPSA) is 64.7 Å². The van der Waals surface area contributed by atoms with Crippen LogP contribution in [0.25, 0.3) is 0 Å². The third kappa shape index (κ3) is 6.49. The molecule has 0 aromatic heterocycles. The van der Waals surface area contributed by atoms with Crippen molar-refractivity contribution in [3.05, 3.63) is 93.0 Å². The van der Waals surface area contributed by atoms with Crippen molar-refractivity contribution >= 4 is 46.5 Å². The molecular weight excluding hydrogens is 612 g/mol. The zero-order valence-corrected chi connectivity index (χ0v) is 25.5. The summed E-state index contributed by atoms with van der Waals surface area (Å²) in [5.41, 5.74) is 3.57. The number of hydrogen-bond donors (Lipinski definition) is 2. The molecule has 3 aromatic carbocycles. The molecule has 232 valence electrons. The van der Waals surface area contributed by atoms with Crippen LogP contribution in [-0.4, -0.2) is 43.0 Å². The van der Waals surface area contributed by atoms with Gasteiger partial charge in [-0.05, 0) is 110 Å². The third-order valence-electron chi connectivity index (χ3n) is 9.45. The van der Waals surface area contributed by atoms with E-state index >= 15 is 0 Å². The summed E-state index contributed by atoms with van der Waals surface area (Å²) in [5.74, 6) is -0.00394. The Morgan fingerprint density at radius 3 is 2.18 bits per heavy atom. The molecule has 1 aliphatic carbocycles. The Balaban J connectivity index is 1.03. The van der Waals surface area contributed by atoms with Crippen molar-refractivity contribution in [3.8, 4) is 0 Å². The van der Waals surface area contributed by atoms with Gasteiger partial charge in [0.25, 0.3) is 5.91 Å². The summed E-state index contributed by atoms with van der Waals surface area (Å²) in [4.78, 5) is 30.3. The first-order valence-corrected chi connectivity index (χ1v) is 15.6. The lowest BCUT2D eigenvalue weighted by atomic mass is 9.71. The number of benzene rings is 3. The molecule has 1 atom stereocenters. The van der Waals surface area contributed by atoms with Crippen LogP contribution in [0.15, 0.2) is 60.7 Å². The highest BCUT2D eigenvalue weighted by atomic mass is 35.5. The number of carbonyl (C=O) groups excluding carboxylic acids is 2. The number of nitrogens with one attached hydrogen (secondary N) is 2. The number of nitrogens with zero attached hydrogens (tertiary/aromatic N) is 2. The molecule has 3 aliphatic rings. The Morgan fingerprint density at radius 1 is 0.841 bits per heavy atom. The summed E-state index contributed by atoms with van der Waals surface area (Å²) < 4.78 is 38.8. The van der Waals surface area contributed by atoms with Gasteiger partial charge in [-0.1, -0.05) is 29.3 Å². The Labute approximate surface area is 264 Å². The summed E-state index contributed by atoms with van der Waals surface area (Å²) in [5, 5.41) is 6.57. The minimum atomic E-state index is -4.33. The van der Waals surface area contributed by atoms with Crippen LogP contribution in [-0.2, 0) is 12.6 Å². The highest BCUT2D eigenvalue weighted by Gasteiger charge is 2.39. The molecule has 2 heterocycles. The smallest absolute Gasteiger partial charge is 0.371 e. The van der Waals surface area contributed by atoms with Gasteiger partial charge in [-0.25, -0.2) is 4.79 Å². The highest BCUT2D eigenvalue weighted by Crippen LogP contribution is 2.43. The average Bonchev–Trinajstić information content (AvgIpc) is 3.40. The number of anilines is 2. The van der Waals surface area contributed by atoms with E-state index < -0.39 is 11.7 Å². The first-order valence-electron chi connectivity index (χ1n) is 14.9. The molecule has 6 nitrogen and oxygen atoms in total. The number of carbonyl (C=O) groups is 2. The number of fused-ring (bicyclic) bond motifs is 1.